The smallest absolute Gasteiger partial charge is 0.236 e. The number of hydrogen-bond acceptors (Lipinski definition) is 5. The summed E-state index contributed by atoms with van der Waals surface area (Å²) in [4.78, 5) is 16.7. The summed E-state index contributed by atoms with van der Waals surface area (Å²) in [5.74, 6) is 0.0479. The minimum atomic E-state index is -0.798. The van der Waals surface area contributed by atoms with Crippen LogP contribution < -0.4 is 5.73 Å². The van der Waals surface area contributed by atoms with Crippen LogP contribution in [0.5, 0.6) is 0 Å². The fourth-order valence-electron chi connectivity index (χ4n) is 3.27. The highest BCUT2D eigenvalue weighted by Gasteiger charge is 2.47. The Morgan fingerprint density at radius 3 is 2.30 bits per heavy atom. The molecule has 0 aromatic carbocycles. The molecule has 0 atom stereocenters. The Morgan fingerprint density at radius 1 is 1.20 bits per heavy atom. The van der Waals surface area contributed by atoms with E-state index in [2.05, 4.69) is 10.1 Å². The van der Waals surface area contributed by atoms with Crippen molar-refractivity contribution in [3.05, 3.63) is 0 Å². The minimum Gasteiger partial charge on any atom is -0.409 e. The van der Waals surface area contributed by atoms with E-state index >= 15 is 0 Å². The highest BCUT2D eigenvalue weighted by molar-refractivity contribution is 6.07. The summed E-state index contributed by atoms with van der Waals surface area (Å²) in [6, 6.07) is 0. The van der Waals surface area contributed by atoms with Gasteiger partial charge >= 0.3 is 0 Å². The Kier molecular flexibility index (Phi) is 4.82. The molecule has 0 unspecified atom stereocenters. The van der Waals surface area contributed by atoms with Crippen molar-refractivity contribution < 1.29 is 15.1 Å². The van der Waals surface area contributed by atoms with Gasteiger partial charge in [0.15, 0.2) is 5.84 Å². The van der Waals surface area contributed by atoms with Crippen LogP contribution >= 0.6 is 0 Å². The molecular weight excluding hydrogens is 260 g/mol. The third kappa shape index (κ3) is 2.73. The van der Waals surface area contributed by atoms with Crippen LogP contribution in [0.1, 0.15) is 25.7 Å². The van der Waals surface area contributed by atoms with Crippen molar-refractivity contribution in [2.45, 2.75) is 25.7 Å². The first-order valence-corrected chi connectivity index (χ1v) is 7.24. The van der Waals surface area contributed by atoms with E-state index in [-0.39, 0.29) is 18.3 Å². The Labute approximate surface area is 119 Å². The maximum Gasteiger partial charge on any atom is 0.236 e. The number of amides is 1. The highest BCUT2D eigenvalue weighted by atomic mass is 16.4. The molecule has 1 aliphatic carbocycles. The van der Waals surface area contributed by atoms with Crippen LogP contribution in [0.2, 0.25) is 0 Å². The molecule has 1 amide bonds. The SMILES string of the molecule is NC(=NO)C1(C(=O)N2CCN(CCO)CC2)CCCC1. The molecule has 0 spiro atoms. The van der Waals surface area contributed by atoms with Crippen molar-refractivity contribution in [2.75, 3.05) is 39.3 Å². The van der Waals surface area contributed by atoms with Crippen molar-refractivity contribution in [1.82, 2.24) is 9.80 Å². The van der Waals surface area contributed by atoms with Gasteiger partial charge < -0.3 is 20.9 Å². The number of β-amino-alcohol motifs (C(OH)–C–C–N with tert-alkyl or cyclic N) is 1. The molecule has 2 fully saturated rings. The fourth-order valence-corrected chi connectivity index (χ4v) is 3.27. The lowest BCUT2D eigenvalue weighted by atomic mass is 9.83. The number of aliphatic hydroxyl groups is 1. The molecule has 1 saturated heterocycles. The molecule has 7 heteroatoms. The van der Waals surface area contributed by atoms with Gasteiger partial charge in [-0.1, -0.05) is 18.0 Å². The van der Waals surface area contributed by atoms with Crippen LogP contribution in [0.25, 0.3) is 0 Å². The molecule has 114 valence electrons. The summed E-state index contributed by atoms with van der Waals surface area (Å²) < 4.78 is 0. The van der Waals surface area contributed by atoms with Crippen LogP contribution in [-0.2, 0) is 4.79 Å². The number of hydrogen-bond donors (Lipinski definition) is 3. The molecule has 0 aromatic rings. The lowest BCUT2D eigenvalue weighted by molar-refractivity contribution is -0.140. The van der Waals surface area contributed by atoms with Crippen molar-refractivity contribution in [3.8, 4) is 0 Å². The lowest BCUT2D eigenvalue weighted by Gasteiger charge is -2.39. The number of piperazine rings is 1. The number of amidine groups is 1. The van der Waals surface area contributed by atoms with Gasteiger partial charge in [0.05, 0.1) is 6.61 Å². The van der Waals surface area contributed by atoms with E-state index < -0.39 is 5.41 Å². The van der Waals surface area contributed by atoms with E-state index in [1.54, 1.807) is 0 Å². The Bertz CT molecular complexity index is 372. The first kappa shape index (κ1) is 15.1. The number of carbonyl (C=O) groups is 1. The van der Waals surface area contributed by atoms with Crippen LogP contribution in [0.4, 0.5) is 0 Å². The van der Waals surface area contributed by atoms with Crippen LogP contribution in [-0.4, -0.2) is 71.2 Å². The third-order valence-electron chi connectivity index (χ3n) is 4.54. The highest BCUT2D eigenvalue weighted by Crippen LogP contribution is 2.40. The zero-order valence-electron chi connectivity index (χ0n) is 11.8. The Morgan fingerprint density at radius 2 is 1.80 bits per heavy atom. The fraction of sp³-hybridized carbons (Fsp3) is 0.846. The summed E-state index contributed by atoms with van der Waals surface area (Å²) in [6.45, 7) is 3.59. The topological polar surface area (TPSA) is 102 Å². The Hall–Kier alpha value is -1.34. The average Bonchev–Trinajstić information content (AvgIpc) is 2.97. The van der Waals surface area contributed by atoms with Gasteiger partial charge in [0, 0.05) is 32.7 Å². The molecule has 1 heterocycles. The molecule has 2 rings (SSSR count). The minimum absolute atomic E-state index is 0.00560. The summed E-state index contributed by atoms with van der Waals surface area (Å²) in [5.41, 5.74) is 5.01. The second-order valence-electron chi connectivity index (χ2n) is 5.63. The largest absolute Gasteiger partial charge is 0.409 e. The van der Waals surface area contributed by atoms with Crippen LogP contribution in [0.3, 0.4) is 0 Å². The quantitative estimate of drug-likeness (QED) is 0.278. The van der Waals surface area contributed by atoms with Gasteiger partial charge in [0.25, 0.3) is 0 Å². The molecule has 7 nitrogen and oxygen atoms in total. The molecule has 4 N–H and O–H groups in total. The van der Waals surface area contributed by atoms with E-state index in [0.717, 1.165) is 25.9 Å². The van der Waals surface area contributed by atoms with Gasteiger partial charge in [-0.3, -0.25) is 9.69 Å². The predicted molar refractivity (Wildman–Crippen MR) is 74.4 cm³/mol. The number of rotatable bonds is 4. The normalized spacial score (nSPS) is 24.1. The molecule has 1 saturated carbocycles. The van der Waals surface area contributed by atoms with E-state index in [9.17, 15) is 4.79 Å². The predicted octanol–water partition coefficient (Wildman–Crippen LogP) is -0.570. The van der Waals surface area contributed by atoms with Gasteiger partial charge in [-0.05, 0) is 12.8 Å². The summed E-state index contributed by atoms with van der Waals surface area (Å²) >= 11 is 0. The van der Waals surface area contributed by atoms with E-state index in [1.165, 1.54) is 0 Å². The second-order valence-corrected chi connectivity index (χ2v) is 5.63. The molecule has 0 bridgehead atoms. The van der Waals surface area contributed by atoms with Gasteiger partial charge in [-0.25, -0.2) is 0 Å². The summed E-state index contributed by atoms with van der Waals surface area (Å²) in [6.07, 6.45) is 3.20. The molecular formula is C13H24N4O3. The number of nitrogens with two attached hydrogens (primary N) is 1. The first-order chi connectivity index (χ1) is 9.64. The number of oxime groups is 1. The molecule has 0 aromatic heterocycles. The first-order valence-electron chi connectivity index (χ1n) is 7.24. The molecule has 1 aliphatic heterocycles. The second kappa shape index (κ2) is 6.41. The monoisotopic (exact) mass is 284 g/mol. The summed E-state index contributed by atoms with van der Waals surface area (Å²) in [5, 5.41) is 21.0. The maximum absolute atomic E-state index is 12.8. The summed E-state index contributed by atoms with van der Waals surface area (Å²) in [7, 11) is 0. The van der Waals surface area contributed by atoms with E-state index in [1.807, 2.05) is 4.90 Å². The van der Waals surface area contributed by atoms with Crippen LogP contribution in [0.15, 0.2) is 5.16 Å². The van der Waals surface area contributed by atoms with Crippen molar-refractivity contribution in [3.63, 3.8) is 0 Å². The van der Waals surface area contributed by atoms with Gasteiger partial charge in [-0.2, -0.15) is 0 Å². The van der Waals surface area contributed by atoms with Crippen LogP contribution in [0, 0.1) is 5.41 Å². The van der Waals surface area contributed by atoms with Crippen molar-refractivity contribution >= 4 is 11.7 Å². The molecule has 0 radical (unpaired) electrons. The van der Waals surface area contributed by atoms with Gasteiger partial charge in [0.1, 0.15) is 5.41 Å². The van der Waals surface area contributed by atoms with Gasteiger partial charge in [-0.15, -0.1) is 0 Å². The number of aliphatic hydroxyl groups excluding tert-OH is 1. The maximum atomic E-state index is 12.8. The number of nitrogens with zero attached hydrogens (tertiary/aromatic N) is 3. The van der Waals surface area contributed by atoms with Crippen molar-refractivity contribution in [2.24, 2.45) is 16.3 Å². The zero-order valence-corrected chi connectivity index (χ0v) is 11.8. The van der Waals surface area contributed by atoms with Crippen molar-refractivity contribution in [1.29, 1.82) is 0 Å². The zero-order chi connectivity index (χ0) is 14.6. The van der Waals surface area contributed by atoms with Gasteiger partial charge in [0.2, 0.25) is 5.91 Å². The lowest BCUT2D eigenvalue weighted by Crippen LogP contribution is -2.56. The third-order valence-corrected chi connectivity index (χ3v) is 4.54. The molecule has 20 heavy (non-hydrogen) atoms. The number of carbonyl (C=O) groups excluding carboxylic acids is 1. The Balaban J connectivity index is 2.03. The van der Waals surface area contributed by atoms with E-state index in [4.69, 9.17) is 16.0 Å². The average molecular weight is 284 g/mol. The standard InChI is InChI=1S/C13H24N4O3/c14-11(15-20)13(3-1-2-4-13)12(19)17-7-5-16(6-8-17)9-10-18/h18,20H,1-10H2,(H2,14,15). The molecule has 2 aliphatic rings. The van der Waals surface area contributed by atoms with E-state index in [0.29, 0.717) is 32.5 Å².